The number of hydrogen-bond donors (Lipinski definition) is 2. The van der Waals surface area contributed by atoms with Gasteiger partial charge in [0.05, 0.1) is 11.9 Å². The summed E-state index contributed by atoms with van der Waals surface area (Å²) in [6.07, 6.45) is 4.11. The molecule has 1 atom stereocenters. The summed E-state index contributed by atoms with van der Waals surface area (Å²) >= 11 is 3.37. The molecular formula is C13H21BrN4O. The van der Waals surface area contributed by atoms with Gasteiger partial charge in [-0.15, -0.1) is 0 Å². The summed E-state index contributed by atoms with van der Waals surface area (Å²) in [5, 5.41) is 7.52. The highest BCUT2D eigenvalue weighted by Gasteiger charge is 2.23. The average Bonchev–Trinajstić information content (AvgIpc) is 3.18. The van der Waals surface area contributed by atoms with Crippen molar-refractivity contribution in [2.75, 3.05) is 11.9 Å². The van der Waals surface area contributed by atoms with Crippen molar-refractivity contribution in [3.63, 3.8) is 0 Å². The van der Waals surface area contributed by atoms with E-state index in [4.69, 9.17) is 5.73 Å². The van der Waals surface area contributed by atoms with Gasteiger partial charge in [-0.2, -0.15) is 5.10 Å². The Kier molecular flexibility index (Phi) is 4.62. The zero-order valence-electron chi connectivity index (χ0n) is 11.4. The fourth-order valence-electron chi connectivity index (χ4n) is 1.94. The number of hydrogen-bond acceptors (Lipinski definition) is 4. The van der Waals surface area contributed by atoms with Crippen molar-refractivity contribution in [2.45, 2.75) is 39.3 Å². The van der Waals surface area contributed by atoms with Crippen molar-refractivity contribution in [2.24, 2.45) is 17.6 Å². The quantitative estimate of drug-likeness (QED) is 0.835. The molecule has 1 unspecified atom stereocenters. The van der Waals surface area contributed by atoms with Crippen LogP contribution >= 0.6 is 15.9 Å². The molecule has 1 heterocycles. The molecule has 19 heavy (non-hydrogen) atoms. The Bertz CT molecular complexity index is 496. The van der Waals surface area contributed by atoms with Gasteiger partial charge in [0, 0.05) is 19.1 Å². The van der Waals surface area contributed by atoms with Gasteiger partial charge in [0.15, 0.2) is 0 Å². The van der Waals surface area contributed by atoms with Crippen LogP contribution in [0.2, 0.25) is 0 Å². The Hall–Kier alpha value is -0.880. The summed E-state index contributed by atoms with van der Waals surface area (Å²) < 4.78 is 2.09. The van der Waals surface area contributed by atoms with Crippen molar-refractivity contribution in [3.05, 3.63) is 21.0 Å². The van der Waals surface area contributed by atoms with Crippen LogP contribution in [0.5, 0.6) is 0 Å². The summed E-state index contributed by atoms with van der Waals surface area (Å²) in [4.78, 5) is 12.2. The van der Waals surface area contributed by atoms with Gasteiger partial charge < -0.3 is 11.1 Å². The number of rotatable bonds is 6. The first-order valence-electron chi connectivity index (χ1n) is 6.75. The molecule has 0 aliphatic heterocycles. The molecule has 1 aromatic rings. The van der Waals surface area contributed by atoms with Gasteiger partial charge in [-0.25, -0.2) is 4.68 Å². The lowest BCUT2D eigenvalue weighted by Gasteiger charge is -2.22. The molecule has 5 nitrogen and oxygen atoms in total. The molecule has 1 fully saturated rings. The van der Waals surface area contributed by atoms with Crippen LogP contribution < -0.4 is 16.6 Å². The van der Waals surface area contributed by atoms with Crippen molar-refractivity contribution < 1.29 is 0 Å². The van der Waals surface area contributed by atoms with E-state index in [0.29, 0.717) is 22.9 Å². The molecule has 0 saturated heterocycles. The lowest BCUT2D eigenvalue weighted by Crippen LogP contribution is -2.35. The lowest BCUT2D eigenvalue weighted by atomic mass is 10.0. The van der Waals surface area contributed by atoms with Gasteiger partial charge in [-0.1, -0.05) is 13.8 Å². The minimum atomic E-state index is -0.0728. The number of nitrogens with one attached hydrogen (secondary N) is 1. The Labute approximate surface area is 121 Å². The third-order valence-corrected chi connectivity index (χ3v) is 4.28. The van der Waals surface area contributed by atoms with Crippen LogP contribution in [0.25, 0.3) is 0 Å². The molecule has 1 aromatic heterocycles. The van der Waals surface area contributed by atoms with Gasteiger partial charge in [0.2, 0.25) is 0 Å². The molecule has 2 rings (SSSR count). The van der Waals surface area contributed by atoms with Crippen molar-refractivity contribution >= 4 is 21.6 Å². The summed E-state index contributed by atoms with van der Waals surface area (Å²) in [6, 6.07) is 0.136. The van der Waals surface area contributed by atoms with Gasteiger partial charge in [0.1, 0.15) is 4.47 Å². The van der Waals surface area contributed by atoms with E-state index in [0.717, 1.165) is 12.2 Å². The summed E-state index contributed by atoms with van der Waals surface area (Å²) in [6.45, 7) is 5.44. The average molecular weight is 329 g/mol. The van der Waals surface area contributed by atoms with Gasteiger partial charge in [-0.3, -0.25) is 4.79 Å². The van der Waals surface area contributed by atoms with E-state index in [1.165, 1.54) is 12.8 Å². The third kappa shape index (κ3) is 3.57. The molecule has 6 heteroatoms. The second-order valence-corrected chi connectivity index (χ2v) is 6.33. The number of nitrogens with two attached hydrogens (primary N) is 1. The standard InChI is InChI=1S/C13H21BrN4O/c1-8(2)10(5-15)17-11-6-16-18(7-9-3-4-9)13(19)12(11)14/h6,8-10,17H,3-5,7,15H2,1-2H3. The maximum atomic E-state index is 12.2. The number of anilines is 1. The SMILES string of the molecule is CC(C)C(CN)Nc1cnn(CC2CC2)c(=O)c1Br. The van der Waals surface area contributed by atoms with Crippen LogP contribution in [0, 0.1) is 11.8 Å². The highest BCUT2D eigenvalue weighted by molar-refractivity contribution is 9.10. The predicted octanol–water partition coefficient (Wildman–Crippen LogP) is 1.81. The Morgan fingerprint density at radius 3 is 2.79 bits per heavy atom. The van der Waals surface area contributed by atoms with E-state index in [1.54, 1.807) is 10.9 Å². The van der Waals surface area contributed by atoms with Crippen molar-refractivity contribution in [1.29, 1.82) is 0 Å². The smallest absolute Gasteiger partial charge is 0.283 e. The molecule has 1 aliphatic rings. The van der Waals surface area contributed by atoms with Crippen LogP contribution in [0.15, 0.2) is 15.5 Å². The molecule has 1 saturated carbocycles. The Balaban J connectivity index is 2.17. The first kappa shape index (κ1) is 14.5. The second kappa shape index (κ2) is 6.05. The van der Waals surface area contributed by atoms with Crippen LogP contribution in [0.4, 0.5) is 5.69 Å². The topological polar surface area (TPSA) is 72.9 Å². The van der Waals surface area contributed by atoms with Crippen LogP contribution in [-0.4, -0.2) is 22.4 Å². The minimum Gasteiger partial charge on any atom is -0.378 e. The maximum Gasteiger partial charge on any atom is 0.283 e. The minimum absolute atomic E-state index is 0.0728. The molecule has 0 spiro atoms. The second-order valence-electron chi connectivity index (χ2n) is 5.53. The Morgan fingerprint density at radius 1 is 1.58 bits per heavy atom. The largest absolute Gasteiger partial charge is 0.378 e. The number of nitrogens with zero attached hydrogens (tertiary/aromatic N) is 2. The first-order valence-corrected chi connectivity index (χ1v) is 7.54. The van der Waals surface area contributed by atoms with Gasteiger partial charge in [-0.05, 0) is 40.6 Å². The van der Waals surface area contributed by atoms with Crippen LogP contribution in [0.1, 0.15) is 26.7 Å². The zero-order chi connectivity index (χ0) is 14.0. The predicted molar refractivity (Wildman–Crippen MR) is 80.2 cm³/mol. The van der Waals surface area contributed by atoms with E-state index in [1.807, 2.05) is 0 Å². The highest BCUT2D eigenvalue weighted by Crippen LogP contribution is 2.30. The number of aromatic nitrogens is 2. The van der Waals surface area contributed by atoms with Crippen LogP contribution in [-0.2, 0) is 6.54 Å². The molecule has 0 aromatic carbocycles. The van der Waals surface area contributed by atoms with E-state index in [2.05, 4.69) is 40.2 Å². The molecule has 0 amide bonds. The van der Waals surface area contributed by atoms with Crippen molar-refractivity contribution in [3.8, 4) is 0 Å². The van der Waals surface area contributed by atoms with E-state index in [-0.39, 0.29) is 11.6 Å². The normalized spacial score (nSPS) is 16.7. The third-order valence-electron chi connectivity index (χ3n) is 3.51. The van der Waals surface area contributed by atoms with E-state index < -0.39 is 0 Å². The highest BCUT2D eigenvalue weighted by atomic mass is 79.9. The van der Waals surface area contributed by atoms with E-state index >= 15 is 0 Å². The van der Waals surface area contributed by atoms with Gasteiger partial charge >= 0.3 is 0 Å². The fraction of sp³-hybridized carbons (Fsp3) is 0.692. The number of halogens is 1. The summed E-state index contributed by atoms with van der Waals surface area (Å²) in [5.41, 5.74) is 6.38. The molecule has 0 radical (unpaired) electrons. The lowest BCUT2D eigenvalue weighted by molar-refractivity contribution is 0.520. The van der Waals surface area contributed by atoms with Gasteiger partial charge in [0.25, 0.3) is 5.56 Å². The first-order chi connectivity index (χ1) is 9.02. The molecule has 3 N–H and O–H groups in total. The van der Waals surface area contributed by atoms with Crippen LogP contribution in [0.3, 0.4) is 0 Å². The van der Waals surface area contributed by atoms with Crippen molar-refractivity contribution in [1.82, 2.24) is 9.78 Å². The maximum absolute atomic E-state index is 12.2. The van der Waals surface area contributed by atoms with E-state index in [9.17, 15) is 4.79 Å². The molecule has 1 aliphatic carbocycles. The monoisotopic (exact) mass is 328 g/mol. The molecule has 0 bridgehead atoms. The zero-order valence-corrected chi connectivity index (χ0v) is 13.0. The summed E-state index contributed by atoms with van der Waals surface area (Å²) in [5.74, 6) is 1.02. The summed E-state index contributed by atoms with van der Waals surface area (Å²) in [7, 11) is 0. The molecular weight excluding hydrogens is 308 g/mol. The Morgan fingerprint density at radius 2 is 2.26 bits per heavy atom. The molecule has 106 valence electrons. The fourth-order valence-corrected chi connectivity index (χ4v) is 2.36.